The predicted molar refractivity (Wildman–Crippen MR) is 65.7 cm³/mol. The number of hydrogen-bond donors (Lipinski definition) is 1. The van der Waals surface area contributed by atoms with Gasteiger partial charge in [-0.2, -0.15) is 0 Å². The van der Waals surface area contributed by atoms with E-state index in [1.807, 2.05) is 0 Å². The first-order valence-corrected chi connectivity index (χ1v) is 5.26. The number of rotatable bonds is 9. The Morgan fingerprint density at radius 2 is 1.83 bits per heavy atom. The Kier molecular flexibility index (Phi) is 7.23. The minimum absolute atomic E-state index is 0.136. The number of hydrogen-bond acceptors (Lipinski definition) is 5. The molecule has 0 aliphatic heterocycles. The maximum absolute atomic E-state index is 11.6. The molecule has 0 bridgehead atoms. The van der Waals surface area contributed by atoms with E-state index in [0.29, 0.717) is 0 Å². The van der Waals surface area contributed by atoms with Crippen LogP contribution in [0.25, 0.3) is 0 Å². The first-order valence-electron chi connectivity index (χ1n) is 5.26. The van der Waals surface area contributed by atoms with Gasteiger partial charge in [0.2, 0.25) is 0 Å². The summed E-state index contributed by atoms with van der Waals surface area (Å²) in [6.07, 6.45) is 1.88. The summed E-state index contributed by atoms with van der Waals surface area (Å²) in [6.45, 7) is 9.52. The average Bonchev–Trinajstić information content (AvgIpc) is 2.39. The molecular formula is C13H16O5. The van der Waals surface area contributed by atoms with E-state index in [9.17, 15) is 14.4 Å². The number of aliphatic hydroxyl groups is 1. The van der Waals surface area contributed by atoms with Gasteiger partial charge in [0.25, 0.3) is 0 Å². The zero-order chi connectivity index (χ0) is 14.1. The van der Waals surface area contributed by atoms with Gasteiger partial charge in [0, 0.05) is 12.0 Å². The predicted octanol–water partition coefficient (Wildman–Crippen LogP) is 0.595. The second-order valence-electron chi connectivity index (χ2n) is 3.42. The second-order valence-corrected chi connectivity index (χ2v) is 3.42. The highest BCUT2D eigenvalue weighted by Crippen LogP contribution is 2.18. The number of ether oxygens (including phenoxy) is 1. The molecule has 0 fully saturated rings. The first-order chi connectivity index (χ1) is 8.47. The van der Waals surface area contributed by atoms with Crippen LogP contribution in [0.1, 0.15) is 6.42 Å². The molecule has 1 unspecified atom stereocenters. The molecule has 0 radical (unpaired) electrons. The highest BCUT2D eigenvalue weighted by molar-refractivity contribution is 6.04. The van der Waals surface area contributed by atoms with Crippen molar-refractivity contribution >= 4 is 17.5 Å². The van der Waals surface area contributed by atoms with E-state index < -0.39 is 17.7 Å². The third-order valence-electron chi connectivity index (χ3n) is 2.18. The molecule has 0 heterocycles. The van der Waals surface area contributed by atoms with Crippen LogP contribution in [0.5, 0.6) is 0 Å². The van der Waals surface area contributed by atoms with Crippen molar-refractivity contribution in [2.45, 2.75) is 6.42 Å². The van der Waals surface area contributed by atoms with Gasteiger partial charge in [0.05, 0.1) is 12.5 Å². The van der Waals surface area contributed by atoms with Crippen molar-refractivity contribution < 1.29 is 24.2 Å². The minimum Gasteiger partial charge on any atom is -0.460 e. The van der Waals surface area contributed by atoms with E-state index in [2.05, 4.69) is 24.5 Å². The highest BCUT2D eigenvalue weighted by Gasteiger charge is 2.26. The summed E-state index contributed by atoms with van der Waals surface area (Å²) in [6, 6.07) is 0. The number of carbonyl (C=O) groups is 3. The standard InChI is InChI=1S/C13H16O5/c1-4-10(15)8-11(12(16)5-2)9(3)13(17)18-7-6-14/h4-5,11,14H,1-3,6-8H2. The minimum atomic E-state index is -1.00. The Bertz CT molecular complexity index is 381. The lowest BCUT2D eigenvalue weighted by molar-refractivity contribution is -0.141. The van der Waals surface area contributed by atoms with E-state index in [0.717, 1.165) is 12.2 Å². The molecule has 1 N–H and O–H groups in total. The fraction of sp³-hybridized carbons (Fsp3) is 0.308. The van der Waals surface area contributed by atoms with Crippen molar-refractivity contribution in [2.24, 2.45) is 5.92 Å². The molecule has 18 heavy (non-hydrogen) atoms. The molecule has 0 saturated carbocycles. The Balaban J connectivity index is 4.84. The lowest BCUT2D eigenvalue weighted by Crippen LogP contribution is -2.24. The summed E-state index contributed by atoms with van der Waals surface area (Å²) in [5.74, 6) is -2.69. The Hall–Kier alpha value is -2.01. The Morgan fingerprint density at radius 3 is 2.28 bits per heavy atom. The van der Waals surface area contributed by atoms with Crippen LogP contribution < -0.4 is 0 Å². The Labute approximate surface area is 105 Å². The van der Waals surface area contributed by atoms with Gasteiger partial charge >= 0.3 is 5.97 Å². The average molecular weight is 252 g/mol. The summed E-state index contributed by atoms with van der Waals surface area (Å²) in [5.41, 5.74) is -0.136. The van der Waals surface area contributed by atoms with Gasteiger partial charge in [-0.3, -0.25) is 9.59 Å². The molecule has 0 saturated heterocycles. The highest BCUT2D eigenvalue weighted by atomic mass is 16.5. The number of allylic oxidation sites excluding steroid dienone is 2. The van der Waals surface area contributed by atoms with Crippen LogP contribution in [-0.4, -0.2) is 35.9 Å². The molecular weight excluding hydrogens is 236 g/mol. The quantitative estimate of drug-likeness (QED) is 0.480. The van der Waals surface area contributed by atoms with Crippen LogP contribution in [0.3, 0.4) is 0 Å². The van der Waals surface area contributed by atoms with Gasteiger partial charge in [-0.05, 0) is 12.2 Å². The largest absolute Gasteiger partial charge is 0.460 e. The third-order valence-corrected chi connectivity index (χ3v) is 2.18. The van der Waals surface area contributed by atoms with Crippen LogP contribution >= 0.6 is 0 Å². The van der Waals surface area contributed by atoms with E-state index in [1.54, 1.807) is 0 Å². The number of esters is 1. The van der Waals surface area contributed by atoms with Crippen LogP contribution in [0.4, 0.5) is 0 Å². The summed E-state index contributed by atoms with van der Waals surface area (Å²) in [4.78, 5) is 34.3. The van der Waals surface area contributed by atoms with Crippen molar-refractivity contribution in [1.82, 2.24) is 0 Å². The van der Waals surface area contributed by atoms with Crippen molar-refractivity contribution in [2.75, 3.05) is 13.2 Å². The molecule has 5 heteroatoms. The molecule has 1 atom stereocenters. The van der Waals surface area contributed by atoms with E-state index >= 15 is 0 Å². The SMILES string of the molecule is C=CC(=O)CC(C(=C)C(=O)OCCO)C(=O)C=C. The van der Waals surface area contributed by atoms with Crippen LogP contribution in [0, 0.1) is 5.92 Å². The van der Waals surface area contributed by atoms with E-state index in [1.165, 1.54) is 0 Å². The summed E-state index contributed by atoms with van der Waals surface area (Å²) < 4.78 is 4.63. The molecule has 0 aliphatic rings. The van der Waals surface area contributed by atoms with Crippen LogP contribution in [0.15, 0.2) is 37.5 Å². The smallest absolute Gasteiger partial charge is 0.334 e. The van der Waals surface area contributed by atoms with Gasteiger partial charge in [0.15, 0.2) is 11.6 Å². The number of aliphatic hydroxyl groups excluding tert-OH is 1. The molecule has 0 amide bonds. The lowest BCUT2D eigenvalue weighted by Gasteiger charge is -2.14. The number of ketones is 2. The maximum Gasteiger partial charge on any atom is 0.334 e. The van der Waals surface area contributed by atoms with Gasteiger partial charge in [-0.25, -0.2) is 4.79 Å². The van der Waals surface area contributed by atoms with Gasteiger partial charge in [0.1, 0.15) is 6.61 Å². The summed E-state index contributed by atoms with van der Waals surface area (Å²) >= 11 is 0. The zero-order valence-corrected chi connectivity index (χ0v) is 10.1. The molecule has 0 rings (SSSR count). The van der Waals surface area contributed by atoms with Crippen molar-refractivity contribution in [3.05, 3.63) is 37.5 Å². The number of carbonyl (C=O) groups excluding carboxylic acids is 3. The molecule has 0 aromatic carbocycles. The van der Waals surface area contributed by atoms with E-state index in [-0.39, 0.29) is 31.0 Å². The topological polar surface area (TPSA) is 80.7 Å². The molecule has 0 aromatic rings. The first kappa shape index (κ1) is 16.0. The van der Waals surface area contributed by atoms with E-state index in [4.69, 9.17) is 5.11 Å². The third kappa shape index (κ3) is 4.88. The van der Waals surface area contributed by atoms with Gasteiger partial charge < -0.3 is 9.84 Å². The molecule has 5 nitrogen and oxygen atoms in total. The normalized spacial score (nSPS) is 11.2. The van der Waals surface area contributed by atoms with Crippen LogP contribution in [-0.2, 0) is 19.1 Å². The Morgan fingerprint density at radius 1 is 1.22 bits per heavy atom. The monoisotopic (exact) mass is 252 g/mol. The van der Waals surface area contributed by atoms with Gasteiger partial charge in [-0.1, -0.05) is 19.7 Å². The zero-order valence-electron chi connectivity index (χ0n) is 10.1. The fourth-order valence-corrected chi connectivity index (χ4v) is 1.20. The molecule has 0 aliphatic carbocycles. The molecule has 0 spiro atoms. The van der Waals surface area contributed by atoms with Gasteiger partial charge in [-0.15, -0.1) is 0 Å². The van der Waals surface area contributed by atoms with Crippen molar-refractivity contribution in [3.8, 4) is 0 Å². The fourth-order valence-electron chi connectivity index (χ4n) is 1.20. The lowest BCUT2D eigenvalue weighted by atomic mass is 9.90. The summed E-state index contributed by atoms with van der Waals surface area (Å²) in [5, 5.41) is 8.52. The molecule has 98 valence electrons. The molecule has 0 aromatic heterocycles. The summed E-state index contributed by atoms with van der Waals surface area (Å²) in [7, 11) is 0. The second kappa shape index (κ2) is 8.14. The maximum atomic E-state index is 11.6. The van der Waals surface area contributed by atoms with Crippen molar-refractivity contribution in [3.63, 3.8) is 0 Å². The van der Waals surface area contributed by atoms with Crippen LogP contribution in [0.2, 0.25) is 0 Å². The van der Waals surface area contributed by atoms with Crippen molar-refractivity contribution in [1.29, 1.82) is 0 Å².